The predicted molar refractivity (Wildman–Crippen MR) is 43.4 cm³/mol. The molecule has 0 radical (unpaired) electrons. The number of hydrogen-bond acceptors (Lipinski definition) is 3. The van der Waals surface area contributed by atoms with Crippen LogP contribution in [0, 0.1) is 0 Å². The molecule has 11 heavy (non-hydrogen) atoms. The van der Waals surface area contributed by atoms with Crippen LogP contribution >= 0.6 is 0 Å². The number of aliphatic hydroxyl groups excluding tert-OH is 2. The summed E-state index contributed by atoms with van der Waals surface area (Å²) in [5.74, 6) is 0. The van der Waals surface area contributed by atoms with Crippen LogP contribution in [-0.2, 0) is 4.74 Å². The average Bonchev–Trinajstić information content (AvgIpc) is 1.87. The fraction of sp³-hybridized carbons (Fsp3) is 1.00. The lowest BCUT2D eigenvalue weighted by molar-refractivity contribution is -0.0529. The van der Waals surface area contributed by atoms with Crippen LogP contribution < -0.4 is 0 Å². The van der Waals surface area contributed by atoms with Crippen LogP contribution in [0.5, 0.6) is 0 Å². The van der Waals surface area contributed by atoms with Gasteiger partial charge in [-0.3, -0.25) is 0 Å². The first-order valence-electron chi connectivity index (χ1n) is 3.80. The van der Waals surface area contributed by atoms with E-state index in [0.29, 0.717) is 6.42 Å². The van der Waals surface area contributed by atoms with Crippen LogP contribution in [0.25, 0.3) is 0 Å². The molecule has 68 valence electrons. The summed E-state index contributed by atoms with van der Waals surface area (Å²) in [7, 11) is 1.59. The lowest BCUT2D eigenvalue weighted by Gasteiger charge is -2.26. The van der Waals surface area contributed by atoms with Gasteiger partial charge in [-0.1, -0.05) is 0 Å². The third-order valence-corrected chi connectivity index (χ3v) is 1.81. The summed E-state index contributed by atoms with van der Waals surface area (Å²) < 4.78 is 5.09. The van der Waals surface area contributed by atoms with Crippen molar-refractivity contribution in [3.8, 4) is 0 Å². The van der Waals surface area contributed by atoms with E-state index in [2.05, 4.69) is 0 Å². The highest BCUT2D eigenvalue weighted by atomic mass is 16.5. The first-order chi connectivity index (χ1) is 4.89. The minimum Gasteiger partial charge on any atom is -0.391 e. The summed E-state index contributed by atoms with van der Waals surface area (Å²) >= 11 is 0. The Hall–Kier alpha value is -0.120. The highest BCUT2D eigenvalue weighted by Gasteiger charge is 2.23. The van der Waals surface area contributed by atoms with E-state index in [-0.39, 0.29) is 5.60 Å². The molecule has 0 bridgehead atoms. The van der Waals surface area contributed by atoms with Crippen LogP contribution in [0.2, 0.25) is 0 Å². The van der Waals surface area contributed by atoms with Crippen LogP contribution in [0.15, 0.2) is 0 Å². The Labute approximate surface area is 68.0 Å². The van der Waals surface area contributed by atoms with Gasteiger partial charge in [-0.05, 0) is 20.8 Å². The molecule has 0 fully saturated rings. The topological polar surface area (TPSA) is 49.7 Å². The highest BCUT2D eigenvalue weighted by Crippen LogP contribution is 2.16. The molecule has 0 spiro atoms. The second-order valence-electron chi connectivity index (χ2n) is 3.48. The maximum atomic E-state index is 9.26. The lowest BCUT2D eigenvalue weighted by Crippen LogP contribution is -2.34. The van der Waals surface area contributed by atoms with Gasteiger partial charge in [0.15, 0.2) is 0 Å². The molecule has 0 aromatic rings. The summed E-state index contributed by atoms with van der Waals surface area (Å²) in [5, 5.41) is 18.2. The molecule has 0 heterocycles. The zero-order chi connectivity index (χ0) is 9.07. The van der Waals surface area contributed by atoms with E-state index in [1.165, 1.54) is 0 Å². The maximum Gasteiger partial charge on any atom is 0.0823 e. The minimum absolute atomic E-state index is 0.365. The summed E-state index contributed by atoms with van der Waals surface area (Å²) in [6, 6.07) is 0. The number of rotatable bonds is 4. The van der Waals surface area contributed by atoms with Crippen molar-refractivity contribution in [2.45, 2.75) is 45.0 Å². The van der Waals surface area contributed by atoms with E-state index < -0.39 is 12.2 Å². The van der Waals surface area contributed by atoms with Gasteiger partial charge < -0.3 is 14.9 Å². The average molecular weight is 162 g/mol. The van der Waals surface area contributed by atoms with Crippen molar-refractivity contribution in [3.05, 3.63) is 0 Å². The van der Waals surface area contributed by atoms with E-state index in [0.717, 1.165) is 0 Å². The van der Waals surface area contributed by atoms with Crippen molar-refractivity contribution in [3.63, 3.8) is 0 Å². The van der Waals surface area contributed by atoms with Crippen molar-refractivity contribution >= 4 is 0 Å². The Morgan fingerprint density at radius 2 is 1.82 bits per heavy atom. The Morgan fingerprint density at radius 3 is 2.09 bits per heavy atom. The monoisotopic (exact) mass is 162 g/mol. The second-order valence-corrected chi connectivity index (χ2v) is 3.48. The van der Waals surface area contributed by atoms with Crippen LogP contribution in [0.3, 0.4) is 0 Å². The Kier molecular flexibility index (Phi) is 4.00. The Morgan fingerprint density at radius 1 is 1.36 bits per heavy atom. The number of aliphatic hydroxyl groups is 2. The standard InChI is InChI=1S/C8H18O3/c1-6(9)7(10)5-8(2,3)11-4/h6-7,9-10H,5H2,1-4H3. The van der Waals surface area contributed by atoms with E-state index >= 15 is 0 Å². The lowest BCUT2D eigenvalue weighted by atomic mass is 9.98. The van der Waals surface area contributed by atoms with Crippen molar-refractivity contribution in [1.29, 1.82) is 0 Å². The molecule has 2 N–H and O–H groups in total. The van der Waals surface area contributed by atoms with E-state index in [9.17, 15) is 5.11 Å². The fourth-order valence-electron chi connectivity index (χ4n) is 0.758. The third kappa shape index (κ3) is 4.35. The van der Waals surface area contributed by atoms with Gasteiger partial charge >= 0.3 is 0 Å². The smallest absolute Gasteiger partial charge is 0.0823 e. The molecule has 0 amide bonds. The van der Waals surface area contributed by atoms with Crippen molar-refractivity contribution in [2.75, 3.05) is 7.11 Å². The molecule has 2 unspecified atom stereocenters. The first-order valence-corrected chi connectivity index (χ1v) is 3.80. The summed E-state index contributed by atoms with van der Waals surface area (Å²) in [6.45, 7) is 5.31. The molecule has 2 atom stereocenters. The number of methoxy groups -OCH3 is 1. The zero-order valence-electron chi connectivity index (χ0n) is 7.66. The van der Waals surface area contributed by atoms with Gasteiger partial charge in [0.25, 0.3) is 0 Å². The maximum absolute atomic E-state index is 9.26. The van der Waals surface area contributed by atoms with Crippen LogP contribution in [-0.4, -0.2) is 35.1 Å². The SMILES string of the molecule is COC(C)(C)CC(O)C(C)O. The minimum atomic E-state index is -0.704. The molecule has 0 aliphatic heterocycles. The molecular weight excluding hydrogens is 144 g/mol. The molecule has 0 aliphatic carbocycles. The Bertz CT molecular complexity index is 110. The quantitative estimate of drug-likeness (QED) is 0.634. The molecule has 0 saturated heterocycles. The van der Waals surface area contributed by atoms with Gasteiger partial charge in [-0.25, -0.2) is 0 Å². The van der Waals surface area contributed by atoms with Gasteiger partial charge in [0, 0.05) is 13.5 Å². The summed E-state index contributed by atoms with van der Waals surface area (Å²) in [4.78, 5) is 0. The van der Waals surface area contributed by atoms with Crippen molar-refractivity contribution in [1.82, 2.24) is 0 Å². The molecular formula is C8H18O3. The van der Waals surface area contributed by atoms with Crippen LogP contribution in [0.1, 0.15) is 27.2 Å². The van der Waals surface area contributed by atoms with Gasteiger partial charge in [-0.2, -0.15) is 0 Å². The van der Waals surface area contributed by atoms with E-state index in [4.69, 9.17) is 9.84 Å². The van der Waals surface area contributed by atoms with Gasteiger partial charge in [-0.15, -0.1) is 0 Å². The number of ether oxygens (including phenoxy) is 1. The molecule has 3 nitrogen and oxygen atoms in total. The summed E-state index contributed by atoms with van der Waals surface area (Å²) in [6.07, 6.45) is -0.948. The van der Waals surface area contributed by atoms with E-state index in [1.807, 2.05) is 13.8 Å². The normalized spacial score (nSPS) is 18.0. The summed E-state index contributed by atoms with van der Waals surface area (Å²) in [5.41, 5.74) is -0.365. The van der Waals surface area contributed by atoms with Gasteiger partial charge in [0.2, 0.25) is 0 Å². The Balaban J connectivity index is 3.83. The molecule has 0 aliphatic rings. The molecule has 3 heteroatoms. The molecule has 0 aromatic heterocycles. The van der Waals surface area contributed by atoms with E-state index in [1.54, 1.807) is 14.0 Å². The molecule has 0 aromatic carbocycles. The predicted octanol–water partition coefficient (Wildman–Crippen LogP) is 0.543. The van der Waals surface area contributed by atoms with Crippen molar-refractivity contribution in [2.24, 2.45) is 0 Å². The first kappa shape index (κ1) is 10.9. The fourth-order valence-corrected chi connectivity index (χ4v) is 0.758. The third-order valence-electron chi connectivity index (χ3n) is 1.81. The molecule has 0 saturated carbocycles. The largest absolute Gasteiger partial charge is 0.391 e. The second kappa shape index (κ2) is 4.04. The van der Waals surface area contributed by atoms with Gasteiger partial charge in [0.1, 0.15) is 0 Å². The van der Waals surface area contributed by atoms with Crippen molar-refractivity contribution < 1.29 is 14.9 Å². The highest BCUT2D eigenvalue weighted by molar-refractivity contribution is 4.75. The van der Waals surface area contributed by atoms with Crippen LogP contribution in [0.4, 0.5) is 0 Å². The van der Waals surface area contributed by atoms with Gasteiger partial charge in [0.05, 0.1) is 17.8 Å². The number of hydrogen-bond donors (Lipinski definition) is 2. The molecule has 0 rings (SSSR count). The zero-order valence-corrected chi connectivity index (χ0v) is 7.66.